The second-order valence-corrected chi connectivity index (χ2v) is 8.28. The first-order valence-corrected chi connectivity index (χ1v) is 10.6. The third kappa shape index (κ3) is 5.32. The molecule has 2 N–H and O–H groups in total. The second-order valence-electron chi connectivity index (χ2n) is 7.33. The van der Waals surface area contributed by atoms with E-state index in [0.717, 1.165) is 47.8 Å². The molecule has 0 aliphatic carbocycles. The van der Waals surface area contributed by atoms with Gasteiger partial charge in [0, 0.05) is 19.0 Å². The molecule has 6 nitrogen and oxygen atoms in total. The van der Waals surface area contributed by atoms with Crippen molar-refractivity contribution in [1.29, 1.82) is 0 Å². The largest absolute Gasteiger partial charge is 0.465 e. The van der Waals surface area contributed by atoms with Gasteiger partial charge in [0.05, 0.1) is 18.3 Å². The van der Waals surface area contributed by atoms with Crippen LogP contribution in [0.4, 0.5) is 0 Å². The second kappa shape index (κ2) is 9.37. The average molecular weight is 390 g/mol. The summed E-state index contributed by atoms with van der Waals surface area (Å²) in [5.74, 6) is 3.24. The molecule has 1 fully saturated rings. The molecule has 1 aliphatic heterocycles. The molecule has 0 bridgehead atoms. The Bertz CT molecular complexity index is 745. The van der Waals surface area contributed by atoms with Crippen LogP contribution in [0.3, 0.4) is 0 Å². The topological polar surface area (TPSA) is 65.7 Å². The number of aliphatic imine (C=N–C) groups is 1. The number of hydrogen-bond donors (Lipinski definition) is 2. The summed E-state index contributed by atoms with van der Waals surface area (Å²) in [4.78, 5) is 11.5. The van der Waals surface area contributed by atoms with Crippen molar-refractivity contribution >= 4 is 17.3 Å². The fourth-order valence-corrected chi connectivity index (χ4v) is 4.24. The average Bonchev–Trinajstić information content (AvgIpc) is 3.40. The molecule has 0 saturated carbocycles. The van der Waals surface area contributed by atoms with Gasteiger partial charge >= 0.3 is 0 Å². The molecule has 7 heteroatoms. The van der Waals surface area contributed by atoms with E-state index in [1.165, 1.54) is 12.8 Å². The van der Waals surface area contributed by atoms with Gasteiger partial charge in [0.25, 0.3) is 0 Å². The predicted octanol–water partition coefficient (Wildman–Crippen LogP) is 3.67. The summed E-state index contributed by atoms with van der Waals surface area (Å²) in [5, 5.41) is 10.1. The Balaban J connectivity index is 1.57. The van der Waals surface area contributed by atoms with Gasteiger partial charge in [-0.15, -0.1) is 11.3 Å². The van der Waals surface area contributed by atoms with Crippen molar-refractivity contribution in [3.63, 3.8) is 0 Å². The third-order valence-electron chi connectivity index (χ3n) is 4.93. The highest BCUT2D eigenvalue weighted by Crippen LogP contribution is 2.26. The summed E-state index contributed by atoms with van der Waals surface area (Å²) < 4.78 is 5.93. The molecular formula is C20H31N5OS. The summed E-state index contributed by atoms with van der Waals surface area (Å²) >= 11 is 1.70. The highest BCUT2D eigenvalue weighted by molar-refractivity contribution is 7.09. The fraction of sp³-hybridized carbons (Fsp3) is 0.600. The van der Waals surface area contributed by atoms with Crippen molar-refractivity contribution in [3.8, 4) is 0 Å². The van der Waals surface area contributed by atoms with Crippen LogP contribution in [0.2, 0.25) is 0 Å². The Kier molecular flexibility index (Phi) is 6.90. The number of aryl methyl sites for hydroxylation is 1. The number of nitrogens with one attached hydrogen (secondary N) is 2. The third-order valence-corrected chi connectivity index (χ3v) is 5.79. The van der Waals surface area contributed by atoms with E-state index >= 15 is 0 Å². The van der Waals surface area contributed by atoms with Crippen LogP contribution in [0.25, 0.3) is 0 Å². The lowest BCUT2D eigenvalue weighted by Crippen LogP contribution is -2.42. The zero-order chi connectivity index (χ0) is 19.2. The SMILES string of the molecule is CN=C(NCc1nc(C(C)C)cs1)NCC(c1ccc(C)o1)N1CCCC1. The lowest BCUT2D eigenvalue weighted by molar-refractivity contribution is 0.213. The lowest BCUT2D eigenvalue weighted by atomic mass is 10.2. The van der Waals surface area contributed by atoms with E-state index in [0.29, 0.717) is 12.5 Å². The Morgan fingerprint density at radius 2 is 2.07 bits per heavy atom. The van der Waals surface area contributed by atoms with Crippen LogP contribution in [-0.2, 0) is 6.54 Å². The Morgan fingerprint density at radius 3 is 2.67 bits per heavy atom. The van der Waals surface area contributed by atoms with Crippen LogP contribution in [0.15, 0.2) is 26.9 Å². The summed E-state index contributed by atoms with van der Waals surface area (Å²) in [6.45, 7) is 10.0. The van der Waals surface area contributed by atoms with Crippen LogP contribution in [-0.4, -0.2) is 42.5 Å². The smallest absolute Gasteiger partial charge is 0.191 e. The molecule has 0 aromatic carbocycles. The molecule has 27 heavy (non-hydrogen) atoms. The number of nitrogens with zero attached hydrogens (tertiary/aromatic N) is 3. The van der Waals surface area contributed by atoms with E-state index in [1.54, 1.807) is 18.4 Å². The summed E-state index contributed by atoms with van der Waals surface area (Å²) in [5.41, 5.74) is 1.15. The summed E-state index contributed by atoms with van der Waals surface area (Å²) in [7, 11) is 1.80. The van der Waals surface area contributed by atoms with E-state index < -0.39 is 0 Å². The van der Waals surface area contributed by atoms with Crippen LogP contribution >= 0.6 is 11.3 Å². The molecule has 2 aromatic rings. The number of likely N-dealkylation sites (tertiary alicyclic amines) is 1. The first-order valence-electron chi connectivity index (χ1n) is 9.76. The maximum atomic E-state index is 5.93. The molecule has 1 aliphatic rings. The minimum atomic E-state index is 0.229. The highest BCUT2D eigenvalue weighted by Gasteiger charge is 2.26. The molecule has 0 amide bonds. The molecule has 1 saturated heterocycles. The number of hydrogen-bond acceptors (Lipinski definition) is 5. The van der Waals surface area contributed by atoms with E-state index in [9.17, 15) is 0 Å². The van der Waals surface area contributed by atoms with Crippen molar-refractivity contribution in [2.45, 2.75) is 52.1 Å². The molecule has 1 atom stereocenters. The van der Waals surface area contributed by atoms with Crippen LogP contribution in [0.5, 0.6) is 0 Å². The van der Waals surface area contributed by atoms with E-state index in [1.807, 2.05) is 13.0 Å². The first kappa shape index (κ1) is 19.9. The van der Waals surface area contributed by atoms with Crippen molar-refractivity contribution < 1.29 is 4.42 Å². The number of thiazole rings is 1. The summed E-state index contributed by atoms with van der Waals surface area (Å²) in [6, 6.07) is 4.37. The normalized spacial score (nSPS) is 16.9. The zero-order valence-corrected chi connectivity index (χ0v) is 17.6. The Labute approximate surface area is 166 Å². The number of aromatic nitrogens is 1. The molecule has 0 radical (unpaired) electrons. The van der Waals surface area contributed by atoms with Crippen LogP contribution in [0, 0.1) is 6.92 Å². The van der Waals surface area contributed by atoms with Crippen molar-refractivity contribution in [2.75, 3.05) is 26.7 Å². The zero-order valence-electron chi connectivity index (χ0n) is 16.8. The maximum absolute atomic E-state index is 5.93. The predicted molar refractivity (Wildman–Crippen MR) is 111 cm³/mol. The van der Waals surface area contributed by atoms with Crippen LogP contribution in [0.1, 0.15) is 60.9 Å². The van der Waals surface area contributed by atoms with Crippen LogP contribution < -0.4 is 10.6 Å². The number of guanidine groups is 1. The minimum absolute atomic E-state index is 0.229. The molecule has 2 aromatic heterocycles. The lowest BCUT2D eigenvalue weighted by Gasteiger charge is -2.26. The molecule has 148 valence electrons. The fourth-order valence-electron chi connectivity index (χ4n) is 3.34. The first-order chi connectivity index (χ1) is 13.1. The van der Waals surface area contributed by atoms with Crippen molar-refractivity contribution in [1.82, 2.24) is 20.5 Å². The summed E-state index contributed by atoms with van der Waals surface area (Å²) in [6.07, 6.45) is 2.51. The minimum Gasteiger partial charge on any atom is -0.465 e. The molecule has 3 rings (SSSR count). The van der Waals surface area contributed by atoms with Gasteiger partial charge in [-0.1, -0.05) is 13.8 Å². The van der Waals surface area contributed by atoms with Gasteiger partial charge < -0.3 is 15.1 Å². The van der Waals surface area contributed by atoms with Gasteiger partial charge in [0.2, 0.25) is 0 Å². The van der Waals surface area contributed by atoms with E-state index in [4.69, 9.17) is 4.42 Å². The number of furan rings is 1. The Hall–Kier alpha value is -1.86. The molecular weight excluding hydrogens is 358 g/mol. The van der Waals surface area contributed by atoms with E-state index in [-0.39, 0.29) is 6.04 Å². The highest BCUT2D eigenvalue weighted by atomic mass is 32.1. The van der Waals surface area contributed by atoms with Gasteiger partial charge in [0.15, 0.2) is 5.96 Å². The maximum Gasteiger partial charge on any atom is 0.191 e. The molecule has 0 spiro atoms. The van der Waals surface area contributed by atoms with Gasteiger partial charge in [-0.2, -0.15) is 0 Å². The van der Waals surface area contributed by atoms with Gasteiger partial charge in [-0.3, -0.25) is 9.89 Å². The molecule has 3 heterocycles. The number of rotatable bonds is 7. The van der Waals surface area contributed by atoms with Crippen molar-refractivity contribution in [3.05, 3.63) is 39.7 Å². The van der Waals surface area contributed by atoms with Gasteiger partial charge in [0.1, 0.15) is 16.5 Å². The van der Waals surface area contributed by atoms with Gasteiger partial charge in [-0.25, -0.2) is 4.98 Å². The van der Waals surface area contributed by atoms with Gasteiger partial charge in [-0.05, 0) is 50.9 Å². The monoisotopic (exact) mass is 389 g/mol. The Morgan fingerprint density at radius 1 is 1.30 bits per heavy atom. The van der Waals surface area contributed by atoms with E-state index in [2.05, 4.69) is 50.8 Å². The van der Waals surface area contributed by atoms with Crippen molar-refractivity contribution in [2.24, 2.45) is 4.99 Å². The quantitative estimate of drug-likeness (QED) is 0.559. The molecule has 1 unspecified atom stereocenters. The standard InChI is InChI=1S/C20H31N5OS/c1-14(2)16-13-27-19(24-16)12-23-20(21-4)22-11-17(25-9-5-6-10-25)18-8-7-15(3)26-18/h7-8,13-14,17H,5-6,9-12H2,1-4H3,(H2,21,22,23).